The van der Waals surface area contributed by atoms with Gasteiger partial charge in [-0.05, 0) is 38.0 Å². The van der Waals surface area contributed by atoms with Crippen LogP contribution >= 0.6 is 11.6 Å². The molecule has 1 rings (SSSR count). The summed E-state index contributed by atoms with van der Waals surface area (Å²) in [6, 6.07) is 7.31. The summed E-state index contributed by atoms with van der Waals surface area (Å²) in [4.78, 5) is 11.8. The molecule has 0 saturated heterocycles. The average molecular weight is 314 g/mol. The number of rotatable bonds is 10. The molecule has 0 atom stereocenters. The number of benzene rings is 1. The number of hydrogen-bond donors (Lipinski definition) is 1. The van der Waals surface area contributed by atoms with Crippen molar-refractivity contribution in [2.24, 2.45) is 0 Å². The number of carbonyl (C=O) groups is 1. The molecule has 1 aromatic rings. The molecule has 0 aliphatic heterocycles. The van der Waals surface area contributed by atoms with Crippen LogP contribution in [0.25, 0.3) is 0 Å². The minimum absolute atomic E-state index is 0.0155. The number of amides is 1. The molecule has 4 nitrogen and oxygen atoms in total. The quantitative estimate of drug-likeness (QED) is 0.533. The minimum Gasteiger partial charge on any atom is -0.356 e. The van der Waals surface area contributed by atoms with Crippen molar-refractivity contribution in [3.63, 3.8) is 0 Å². The Kier molecular flexibility index (Phi) is 9.06. The molecule has 1 N–H and O–H groups in total. The second-order valence-corrected chi connectivity index (χ2v) is 5.07. The van der Waals surface area contributed by atoms with Crippen LogP contribution in [0.5, 0.6) is 0 Å². The molecule has 0 aromatic heterocycles. The van der Waals surface area contributed by atoms with E-state index in [4.69, 9.17) is 21.1 Å². The number of ether oxygens (including phenoxy) is 2. The van der Waals surface area contributed by atoms with Crippen LogP contribution in [0.2, 0.25) is 5.02 Å². The molecular formula is C16H24ClNO3. The molecule has 0 bridgehead atoms. The summed E-state index contributed by atoms with van der Waals surface area (Å²) < 4.78 is 10.9. The van der Waals surface area contributed by atoms with Gasteiger partial charge in [0.05, 0.1) is 6.42 Å². The van der Waals surface area contributed by atoms with E-state index in [1.54, 1.807) is 12.1 Å². The first kappa shape index (κ1) is 18.0. The Morgan fingerprint density at radius 2 is 1.81 bits per heavy atom. The van der Waals surface area contributed by atoms with Crippen LogP contribution in [0.15, 0.2) is 24.3 Å². The van der Waals surface area contributed by atoms with Gasteiger partial charge in [0.15, 0.2) is 6.29 Å². The van der Waals surface area contributed by atoms with Gasteiger partial charge in [0.2, 0.25) is 5.91 Å². The molecule has 5 heteroatoms. The first-order valence-electron chi connectivity index (χ1n) is 7.40. The largest absolute Gasteiger partial charge is 0.356 e. The highest BCUT2D eigenvalue weighted by Gasteiger charge is 2.08. The van der Waals surface area contributed by atoms with Crippen molar-refractivity contribution in [3.05, 3.63) is 34.9 Å². The summed E-state index contributed by atoms with van der Waals surface area (Å²) in [7, 11) is 0. The summed E-state index contributed by atoms with van der Waals surface area (Å²) in [5.41, 5.74) is 0.957. The van der Waals surface area contributed by atoms with E-state index in [2.05, 4.69) is 5.32 Å². The first-order chi connectivity index (χ1) is 10.2. The van der Waals surface area contributed by atoms with Gasteiger partial charge in [-0.2, -0.15) is 0 Å². The highest BCUT2D eigenvalue weighted by Crippen LogP contribution is 2.10. The van der Waals surface area contributed by atoms with Crippen LogP contribution in [0.4, 0.5) is 0 Å². The SMILES string of the molecule is CCOC(CCCNC(=O)Cc1ccc(Cl)cc1)OCC. The maximum absolute atomic E-state index is 11.8. The van der Waals surface area contributed by atoms with E-state index in [0.29, 0.717) is 31.2 Å². The van der Waals surface area contributed by atoms with Crippen molar-refractivity contribution < 1.29 is 14.3 Å². The predicted molar refractivity (Wildman–Crippen MR) is 84.4 cm³/mol. The van der Waals surface area contributed by atoms with Gasteiger partial charge in [-0.1, -0.05) is 23.7 Å². The summed E-state index contributed by atoms with van der Waals surface area (Å²) in [5.74, 6) is 0.0155. The van der Waals surface area contributed by atoms with Gasteiger partial charge in [0.1, 0.15) is 0 Å². The normalized spacial score (nSPS) is 10.9. The highest BCUT2D eigenvalue weighted by molar-refractivity contribution is 6.30. The molecule has 0 saturated carbocycles. The van der Waals surface area contributed by atoms with Crippen molar-refractivity contribution in [1.29, 1.82) is 0 Å². The van der Waals surface area contributed by atoms with Crippen molar-refractivity contribution in [3.8, 4) is 0 Å². The molecule has 0 spiro atoms. The zero-order chi connectivity index (χ0) is 15.5. The van der Waals surface area contributed by atoms with Crippen LogP contribution in [0.1, 0.15) is 32.3 Å². The molecule has 1 aromatic carbocycles. The molecule has 0 fully saturated rings. The summed E-state index contributed by atoms with van der Waals surface area (Å²) in [5, 5.41) is 3.58. The summed E-state index contributed by atoms with van der Waals surface area (Å²) >= 11 is 5.81. The van der Waals surface area contributed by atoms with Crippen LogP contribution in [0.3, 0.4) is 0 Å². The van der Waals surface area contributed by atoms with Gasteiger partial charge < -0.3 is 14.8 Å². The van der Waals surface area contributed by atoms with Crippen LogP contribution < -0.4 is 5.32 Å². The third kappa shape index (κ3) is 8.05. The zero-order valence-corrected chi connectivity index (χ0v) is 13.5. The van der Waals surface area contributed by atoms with E-state index < -0.39 is 0 Å². The summed E-state index contributed by atoms with van der Waals surface area (Å²) in [6.07, 6.45) is 1.81. The smallest absolute Gasteiger partial charge is 0.224 e. The molecule has 0 unspecified atom stereocenters. The molecule has 1 amide bonds. The van der Waals surface area contributed by atoms with E-state index in [-0.39, 0.29) is 12.2 Å². The third-order valence-corrected chi connectivity index (χ3v) is 3.17. The van der Waals surface area contributed by atoms with E-state index in [1.165, 1.54) is 0 Å². The molecule has 118 valence electrons. The fourth-order valence-corrected chi connectivity index (χ4v) is 2.06. The Bertz CT molecular complexity index is 402. The fourth-order valence-electron chi connectivity index (χ4n) is 1.93. The lowest BCUT2D eigenvalue weighted by Crippen LogP contribution is -2.27. The monoisotopic (exact) mass is 313 g/mol. The van der Waals surface area contributed by atoms with Gasteiger partial charge in [-0.25, -0.2) is 0 Å². The molecule has 0 aliphatic rings. The lowest BCUT2D eigenvalue weighted by atomic mass is 10.1. The zero-order valence-electron chi connectivity index (χ0n) is 12.7. The van der Waals surface area contributed by atoms with Gasteiger partial charge in [-0.3, -0.25) is 4.79 Å². The van der Waals surface area contributed by atoms with Gasteiger partial charge in [-0.15, -0.1) is 0 Å². The number of hydrogen-bond acceptors (Lipinski definition) is 3. The molecule has 0 radical (unpaired) electrons. The second kappa shape index (κ2) is 10.6. The van der Waals surface area contributed by atoms with Crippen LogP contribution in [-0.4, -0.2) is 32.0 Å². The topological polar surface area (TPSA) is 47.6 Å². The Labute approximate surface area is 131 Å². The fraction of sp³-hybridized carbons (Fsp3) is 0.562. The lowest BCUT2D eigenvalue weighted by molar-refractivity contribution is -0.140. The third-order valence-electron chi connectivity index (χ3n) is 2.92. The summed E-state index contributed by atoms with van der Waals surface area (Å²) in [6.45, 7) is 5.78. The first-order valence-corrected chi connectivity index (χ1v) is 7.77. The number of nitrogens with one attached hydrogen (secondary N) is 1. The molecule has 0 heterocycles. The van der Waals surface area contributed by atoms with Gasteiger partial charge in [0, 0.05) is 31.2 Å². The lowest BCUT2D eigenvalue weighted by Gasteiger charge is -2.16. The molecule has 0 aliphatic carbocycles. The Morgan fingerprint density at radius 1 is 1.19 bits per heavy atom. The maximum atomic E-state index is 11.8. The standard InChI is InChI=1S/C16H24ClNO3/c1-3-20-16(21-4-2)6-5-11-18-15(19)12-13-7-9-14(17)10-8-13/h7-10,16H,3-6,11-12H2,1-2H3,(H,18,19). The van der Waals surface area contributed by atoms with Crippen LogP contribution in [-0.2, 0) is 20.7 Å². The Morgan fingerprint density at radius 3 is 2.38 bits per heavy atom. The highest BCUT2D eigenvalue weighted by atomic mass is 35.5. The van der Waals surface area contributed by atoms with Gasteiger partial charge >= 0.3 is 0 Å². The molecular weight excluding hydrogens is 290 g/mol. The predicted octanol–water partition coefficient (Wildman–Crippen LogP) is 3.18. The van der Waals surface area contributed by atoms with E-state index >= 15 is 0 Å². The van der Waals surface area contributed by atoms with Crippen molar-refractivity contribution in [2.45, 2.75) is 39.4 Å². The Hall–Kier alpha value is -1.10. The van der Waals surface area contributed by atoms with Crippen molar-refractivity contribution >= 4 is 17.5 Å². The van der Waals surface area contributed by atoms with Crippen molar-refractivity contribution in [2.75, 3.05) is 19.8 Å². The Balaban J connectivity index is 2.19. The number of carbonyl (C=O) groups excluding carboxylic acids is 1. The van der Waals surface area contributed by atoms with E-state index in [0.717, 1.165) is 18.4 Å². The maximum Gasteiger partial charge on any atom is 0.224 e. The van der Waals surface area contributed by atoms with Crippen molar-refractivity contribution in [1.82, 2.24) is 5.32 Å². The average Bonchev–Trinajstić information content (AvgIpc) is 2.46. The van der Waals surface area contributed by atoms with E-state index in [1.807, 2.05) is 26.0 Å². The van der Waals surface area contributed by atoms with E-state index in [9.17, 15) is 4.79 Å². The minimum atomic E-state index is -0.173. The number of halogens is 1. The van der Waals surface area contributed by atoms with Gasteiger partial charge in [0.25, 0.3) is 0 Å². The molecule has 21 heavy (non-hydrogen) atoms. The van der Waals surface area contributed by atoms with Crippen LogP contribution in [0, 0.1) is 0 Å². The second-order valence-electron chi connectivity index (χ2n) is 4.64.